The molecule has 1 fully saturated rings. The molecule has 1 amide bonds. The number of amides is 1. The highest BCUT2D eigenvalue weighted by Crippen LogP contribution is 2.21. The molecule has 3 aromatic rings. The summed E-state index contributed by atoms with van der Waals surface area (Å²) >= 11 is 0. The van der Waals surface area contributed by atoms with Gasteiger partial charge in [-0.2, -0.15) is 0 Å². The number of aromatic nitrogens is 2. The number of piperidine rings is 1. The Kier molecular flexibility index (Phi) is 5.72. The number of nitrogens with one attached hydrogen (secondary N) is 1. The molecular formula is C23H28N4O. The predicted molar refractivity (Wildman–Crippen MR) is 112 cm³/mol. The summed E-state index contributed by atoms with van der Waals surface area (Å²) in [5.41, 5.74) is 4.65. The van der Waals surface area contributed by atoms with Crippen molar-refractivity contribution in [2.45, 2.75) is 32.9 Å². The van der Waals surface area contributed by atoms with Gasteiger partial charge in [-0.15, -0.1) is 0 Å². The molecule has 2 heterocycles. The molecule has 146 valence electrons. The Bertz CT molecular complexity index is 923. The van der Waals surface area contributed by atoms with Crippen LogP contribution in [0.15, 0.2) is 54.9 Å². The second-order valence-electron chi connectivity index (χ2n) is 7.87. The summed E-state index contributed by atoms with van der Waals surface area (Å²) in [6.07, 6.45) is 4.20. The number of imidazole rings is 1. The molecule has 0 atom stereocenters. The highest BCUT2D eigenvalue weighted by Gasteiger charge is 2.21. The van der Waals surface area contributed by atoms with Gasteiger partial charge in [0.15, 0.2) is 0 Å². The molecule has 2 aromatic carbocycles. The largest absolute Gasteiger partial charge is 0.351 e. The number of para-hydroxylation sites is 2. The van der Waals surface area contributed by atoms with Crippen LogP contribution in [-0.2, 0) is 17.9 Å². The summed E-state index contributed by atoms with van der Waals surface area (Å²) in [6, 6.07) is 16.6. The summed E-state index contributed by atoms with van der Waals surface area (Å²) < 4.78 is 2.27. The van der Waals surface area contributed by atoms with Crippen molar-refractivity contribution in [3.63, 3.8) is 0 Å². The van der Waals surface area contributed by atoms with E-state index in [9.17, 15) is 4.79 Å². The van der Waals surface area contributed by atoms with Gasteiger partial charge in [0.2, 0.25) is 5.91 Å². The molecule has 0 aliphatic carbocycles. The van der Waals surface area contributed by atoms with E-state index in [1.807, 2.05) is 12.4 Å². The summed E-state index contributed by atoms with van der Waals surface area (Å²) in [6.45, 7) is 6.13. The monoisotopic (exact) mass is 376 g/mol. The predicted octanol–water partition coefficient (Wildman–Crippen LogP) is 3.37. The van der Waals surface area contributed by atoms with Crippen LogP contribution in [-0.4, -0.2) is 40.0 Å². The molecule has 0 saturated carbocycles. The molecule has 5 heteroatoms. The summed E-state index contributed by atoms with van der Waals surface area (Å²) in [5.74, 6) is 0.754. The lowest BCUT2D eigenvalue weighted by Gasteiger charge is -2.31. The van der Waals surface area contributed by atoms with Crippen LogP contribution in [0.2, 0.25) is 0 Å². The van der Waals surface area contributed by atoms with Gasteiger partial charge in [-0.05, 0) is 56.5 Å². The van der Waals surface area contributed by atoms with Crippen molar-refractivity contribution in [3.8, 4) is 0 Å². The lowest BCUT2D eigenvalue weighted by molar-refractivity contribution is -0.122. The van der Waals surface area contributed by atoms with Gasteiger partial charge in [0.1, 0.15) is 0 Å². The van der Waals surface area contributed by atoms with Gasteiger partial charge < -0.3 is 9.88 Å². The molecule has 0 unspecified atom stereocenters. The maximum absolute atomic E-state index is 12.3. The van der Waals surface area contributed by atoms with Crippen molar-refractivity contribution >= 4 is 16.9 Å². The second-order valence-corrected chi connectivity index (χ2v) is 7.87. The molecule has 1 N–H and O–H groups in total. The number of hydrogen-bond acceptors (Lipinski definition) is 3. The molecule has 0 spiro atoms. The van der Waals surface area contributed by atoms with Crippen molar-refractivity contribution in [3.05, 3.63) is 66.0 Å². The SMILES string of the molecule is Cc1ccc(CNC(=O)CN2CCC(Cn3cnc4ccccc43)CC2)cc1. The average molecular weight is 377 g/mol. The first-order valence-corrected chi connectivity index (χ1v) is 10.1. The Morgan fingerprint density at radius 1 is 1.11 bits per heavy atom. The van der Waals surface area contributed by atoms with Crippen LogP contribution in [0.25, 0.3) is 11.0 Å². The Morgan fingerprint density at radius 2 is 1.86 bits per heavy atom. The normalized spacial score (nSPS) is 15.8. The van der Waals surface area contributed by atoms with E-state index in [0.717, 1.165) is 43.6 Å². The lowest BCUT2D eigenvalue weighted by atomic mass is 9.96. The quantitative estimate of drug-likeness (QED) is 0.718. The van der Waals surface area contributed by atoms with Crippen molar-refractivity contribution < 1.29 is 4.79 Å². The van der Waals surface area contributed by atoms with Crippen LogP contribution in [0.5, 0.6) is 0 Å². The number of rotatable bonds is 6. The zero-order valence-electron chi connectivity index (χ0n) is 16.5. The first-order valence-electron chi connectivity index (χ1n) is 10.1. The van der Waals surface area contributed by atoms with Gasteiger partial charge in [-0.25, -0.2) is 4.98 Å². The van der Waals surface area contributed by atoms with E-state index in [1.165, 1.54) is 11.1 Å². The molecule has 1 aromatic heterocycles. The van der Waals surface area contributed by atoms with E-state index in [-0.39, 0.29) is 5.91 Å². The van der Waals surface area contributed by atoms with Crippen molar-refractivity contribution in [1.29, 1.82) is 0 Å². The summed E-state index contributed by atoms with van der Waals surface area (Å²) in [4.78, 5) is 19.0. The number of aryl methyl sites for hydroxylation is 1. The first kappa shape index (κ1) is 18.7. The third kappa shape index (κ3) is 4.60. The minimum absolute atomic E-state index is 0.111. The van der Waals surface area contributed by atoms with Gasteiger partial charge in [0, 0.05) is 13.1 Å². The van der Waals surface area contributed by atoms with Gasteiger partial charge >= 0.3 is 0 Å². The third-order valence-electron chi connectivity index (χ3n) is 5.67. The number of carbonyl (C=O) groups is 1. The summed E-state index contributed by atoms with van der Waals surface area (Å²) in [5, 5.41) is 3.04. The van der Waals surface area contributed by atoms with Crippen LogP contribution < -0.4 is 5.32 Å². The van der Waals surface area contributed by atoms with E-state index in [0.29, 0.717) is 19.0 Å². The van der Waals surface area contributed by atoms with Crippen molar-refractivity contribution in [2.24, 2.45) is 5.92 Å². The van der Waals surface area contributed by atoms with E-state index < -0.39 is 0 Å². The number of nitrogens with zero attached hydrogens (tertiary/aromatic N) is 3. The maximum atomic E-state index is 12.3. The zero-order valence-corrected chi connectivity index (χ0v) is 16.5. The fraction of sp³-hybridized carbons (Fsp3) is 0.391. The van der Waals surface area contributed by atoms with E-state index in [1.54, 1.807) is 0 Å². The first-order chi connectivity index (χ1) is 13.7. The Labute approximate surface area is 166 Å². The van der Waals surface area contributed by atoms with Gasteiger partial charge in [-0.1, -0.05) is 42.0 Å². The highest BCUT2D eigenvalue weighted by atomic mass is 16.2. The minimum Gasteiger partial charge on any atom is -0.351 e. The van der Waals surface area contributed by atoms with Crippen LogP contribution in [0, 0.1) is 12.8 Å². The molecule has 4 rings (SSSR count). The lowest BCUT2D eigenvalue weighted by Crippen LogP contribution is -2.41. The molecule has 0 radical (unpaired) electrons. The molecule has 5 nitrogen and oxygen atoms in total. The molecule has 1 saturated heterocycles. The average Bonchev–Trinajstić information content (AvgIpc) is 3.12. The number of benzene rings is 2. The second kappa shape index (κ2) is 8.57. The smallest absolute Gasteiger partial charge is 0.234 e. The zero-order chi connectivity index (χ0) is 19.3. The summed E-state index contributed by atoms with van der Waals surface area (Å²) in [7, 11) is 0. The standard InChI is InChI=1S/C23H28N4O/c1-18-6-8-19(9-7-18)14-24-23(28)16-26-12-10-20(11-13-26)15-27-17-25-21-4-2-3-5-22(21)27/h2-9,17,20H,10-16H2,1H3,(H,24,28). The Balaban J connectivity index is 1.21. The number of likely N-dealkylation sites (tertiary alicyclic amines) is 1. The van der Waals surface area contributed by atoms with Gasteiger partial charge in [-0.3, -0.25) is 9.69 Å². The number of carbonyl (C=O) groups excluding carboxylic acids is 1. The fourth-order valence-corrected chi connectivity index (χ4v) is 3.93. The molecule has 1 aliphatic rings. The third-order valence-corrected chi connectivity index (χ3v) is 5.67. The van der Waals surface area contributed by atoms with E-state index in [2.05, 4.69) is 69.2 Å². The Morgan fingerprint density at radius 3 is 2.64 bits per heavy atom. The molecule has 1 aliphatic heterocycles. The maximum Gasteiger partial charge on any atom is 0.234 e. The highest BCUT2D eigenvalue weighted by molar-refractivity contribution is 5.78. The Hall–Kier alpha value is -2.66. The van der Waals surface area contributed by atoms with Crippen molar-refractivity contribution in [1.82, 2.24) is 19.8 Å². The molecular weight excluding hydrogens is 348 g/mol. The van der Waals surface area contributed by atoms with Crippen LogP contribution >= 0.6 is 0 Å². The number of fused-ring (bicyclic) bond motifs is 1. The van der Waals surface area contributed by atoms with Gasteiger partial charge in [0.05, 0.1) is 23.9 Å². The van der Waals surface area contributed by atoms with Crippen LogP contribution in [0.1, 0.15) is 24.0 Å². The van der Waals surface area contributed by atoms with Gasteiger partial charge in [0.25, 0.3) is 0 Å². The molecule has 28 heavy (non-hydrogen) atoms. The number of hydrogen-bond donors (Lipinski definition) is 1. The van der Waals surface area contributed by atoms with Crippen molar-refractivity contribution in [2.75, 3.05) is 19.6 Å². The topological polar surface area (TPSA) is 50.2 Å². The van der Waals surface area contributed by atoms with E-state index >= 15 is 0 Å². The fourth-order valence-electron chi connectivity index (χ4n) is 3.93. The van der Waals surface area contributed by atoms with Crippen LogP contribution in [0.3, 0.4) is 0 Å². The molecule has 0 bridgehead atoms. The van der Waals surface area contributed by atoms with E-state index in [4.69, 9.17) is 0 Å². The minimum atomic E-state index is 0.111. The van der Waals surface area contributed by atoms with Crippen LogP contribution in [0.4, 0.5) is 0 Å².